The predicted octanol–water partition coefficient (Wildman–Crippen LogP) is 3.01. The summed E-state index contributed by atoms with van der Waals surface area (Å²) in [5.74, 6) is -2.50. The van der Waals surface area contributed by atoms with Crippen LogP contribution in [0.4, 0.5) is 13.6 Å². The molecule has 3 aromatic rings. The van der Waals surface area contributed by atoms with Gasteiger partial charge in [-0.15, -0.1) is 0 Å². The normalized spacial score (nSPS) is 13.0. The monoisotopic (exact) mass is 703 g/mol. The van der Waals surface area contributed by atoms with E-state index >= 15 is 4.39 Å². The van der Waals surface area contributed by atoms with Crippen LogP contribution in [0.25, 0.3) is 11.1 Å². The van der Waals surface area contributed by atoms with Crippen LogP contribution in [0.3, 0.4) is 0 Å². The minimum atomic E-state index is -3.48. The zero-order chi connectivity index (χ0) is 36.4. The first-order chi connectivity index (χ1) is 23.0. The van der Waals surface area contributed by atoms with Crippen LogP contribution in [0.5, 0.6) is 0 Å². The zero-order valence-electron chi connectivity index (χ0n) is 28.3. The molecular formula is C34H47F2N5O7Si. The number of aliphatic hydroxyl groups excluding tert-OH is 1. The third-order valence-electron chi connectivity index (χ3n) is 7.75. The van der Waals surface area contributed by atoms with Gasteiger partial charge in [0.2, 0.25) is 11.8 Å². The van der Waals surface area contributed by atoms with Crippen LogP contribution < -0.4 is 16.4 Å². The number of benzene rings is 2. The Balaban J connectivity index is 2.05. The molecule has 0 radical (unpaired) electrons. The van der Waals surface area contributed by atoms with Crippen molar-refractivity contribution in [2.24, 2.45) is 11.1 Å². The summed E-state index contributed by atoms with van der Waals surface area (Å²) in [5.41, 5.74) is 6.72. The number of aliphatic hydroxyl groups is 1. The Hall–Kier alpha value is -4.15. The average molecular weight is 704 g/mol. The third-order valence-corrected chi connectivity index (χ3v) is 8.90. The van der Waals surface area contributed by atoms with E-state index in [0.29, 0.717) is 17.8 Å². The second kappa shape index (κ2) is 17.5. The minimum Gasteiger partial charge on any atom is -0.450 e. The van der Waals surface area contributed by atoms with Crippen molar-refractivity contribution >= 4 is 26.5 Å². The van der Waals surface area contributed by atoms with Crippen molar-refractivity contribution in [2.75, 3.05) is 32.8 Å². The van der Waals surface area contributed by atoms with Crippen molar-refractivity contribution in [3.05, 3.63) is 83.7 Å². The Kier molecular flexibility index (Phi) is 14.0. The van der Waals surface area contributed by atoms with Gasteiger partial charge in [-0.25, -0.2) is 13.6 Å². The topological polar surface area (TPSA) is 179 Å². The van der Waals surface area contributed by atoms with Crippen LogP contribution in [0.2, 0.25) is 12.6 Å². The fraction of sp³-hybridized carbons (Fsp3) is 0.441. The van der Waals surface area contributed by atoms with Crippen LogP contribution in [0, 0.1) is 17.0 Å². The highest BCUT2D eigenvalue weighted by Crippen LogP contribution is 2.41. The third kappa shape index (κ3) is 11.7. The molecule has 0 aliphatic heterocycles. The summed E-state index contributed by atoms with van der Waals surface area (Å²) in [7, 11) is -3.48. The largest absolute Gasteiger partial charge is 0.450 e. The number of carbonyl (C=O) groups is 3. The van der Waals surface area contributed by atoms with Crippen LogP contribution >= 0.6 is 0 Å². The molecule has 15 heteroatoms. The highest BCUT2D eigenvalue weighted by atomic mass is 28.4. The number of alkyl carbamates (subject to hydrolysis) is 1. The zero-order valence-corrected chi connectivity index (χ0v) is 29.3. The molecule has 7 N–H and O–H groups in total. The fourth-order valence-electron chi connectivity index (χ4n) is 5.48. The number of aromatic nitrogens is 1. The van der Waals surface area contributed by atoms with Gasteiger partial charge in [0.15, 0.2) is 0 Å². The molecule has 0 fully saturated rings. The first kappa shape index (κ1) is 39.3. The Bertz CT molecular complexity index is 1560. The lowest BCUT2D eigenvalue weighted by Crippen LogP contribution is -2.51. The number of hydrogen-bond donors (Lipinski definition) is 6. The summed E-state index contributed by atoms with van der Waals surface area (Å²) in [6.45, 7) is 6.23. The van der Waals surface area contributed by atoms with E-state index in [4.69, 9.17) is 10.5 Å². The first-order valence-electron chi connectivity index (χ1n) is 16.0. The lowest BCUT2D eigenvalue weighted by atomic mass is 9.82. The predicted molar refractivity (Wildman–Crippen MR) is 182 cm³/mol. The van der Waals surface area contributed by atoms with Gasteiger partial charge in [-0.1, -0.05) is 51.1 Å². The first-order valence-corrected chi connectivity index (χ1v) is 18.6. The van der Waals surface area contributed by atoms with Crippen molar-refractivity contribution in [3.63, 3.8) is 0 Å². The van der Waals surface area contributed by atoms with Crippen LogP contribution in [0.15, 0.2) is 60.8 Å². The maximum absolute atomic E-state index is 15.0. The lowest BCUT2D eigenvalue weighted by Gasteiger charge is -2.41. The second-order valence-electron chi connectivity index (χ2n) is 13.1. The minimum absolute atomic E-state index is 0.0329. The Labute approximate surface area is 286 Å². The van der Waals surface area contributed by atoms with Gasteiger partial charge in [-0.3, -0.25) is 9.59 Å². The Morgan fingerprint density at radius 1 is 1.08 bits per heavy atom. The SMILES string of the molecule is CC(C)(C)C(c1cc(-c2cc(F)ccc2F)cn1Cc1ccccc1)N(CC[C@H](NC(=O)OCC[Si](C)(O)O)C(=O)NCCN)C(=O)CO. The molecule has 49 heavy (non-hydrogen) atoms. The summed E-state index contributed by atoms with van der Waals surface area (Å²) < 4.78 is 36.2. The van der Waals surface area contributed by atoms with Gasteiger partial charge in [-0.05, 0) is 48.2 Å². The molecule has 2 atom stereocenters. The summed E-state index contributed by atoms with van der Waals surface area (Å²) in [6, 6.07) is 12.2. The number of hydrogen-bond acceptors (Lipinski definition) is 8. The number of carbonyl (C=O) groups excluding carboxylic acids is 3. The van der Waals surface area contributed by atoms with Gasteiger partial charge in [0, 0.05) is 55.2 Å². The Morgan fingerprint density at radius 3 is 2.39 bits per heavy atom. The van der Waals surface area contributed by atoms with Crippen LogP contribution in [-0.2, 0) is 20.9 Å². The number of nitrogens with two attached hydrogens (primary N) is 1. The molecule has 1 aromatic heterocycles. The summed E-state index contributed by atoms with van der Waals surface area (Å²) in [6.07, 6.45) is 0.603. The molecule has 0 bridgehead atoms. The van der Waals surface area contributed by atoms with Crippen molar-refractivity contribution in [1.82, 2.24) is 20.1 Å². The van der Waals surface area contributed by atoms with Gasteiger partial charge in [-0.2, -0.15) is 0 Å². The molecular weight excluding hydrogens is 656 g/mol. The Morgan fingerprint density at radius 2 is 1.78 bits per heavy atom. The summed E-state index contributed by atoms with van der Waals surface area (Å²) in [5, 5.41) is 15.2. The van der Waals surface area contributed by atoms with Gasteiger partial charge < -0.3 is 45.3 Å². The van der Waals surface area contributed by atoms with E-state index in [-0.39, 0.29) is 44.3 Å². The van der Waals surface area contributed by atoms with E-state index in [1.54, 1.807) is 12.3 Å². The highest BCUT2D eigenvalue weighted by molar-refractivity contribution is 6.63. The van der Waals surface area contributed by atoms with E-state index in [1.165, 1.54) is 11.4 Å². The maximum atomic E-state index is 15.0. The molecule has 2 aromatic carbocycles. The molecule has 3 amide bonds. The lowest BCUT2D eigenvalue weighted by molar-refractivity contribution is -0.140. The molecule has 3 rings (SSSR count). The molecule has 12 nitrogen and oxygen atoms in total. The van der Waals surface area contributed by atoms with Crippen molar-refractivity contribution in [2.45, 2.75) is 58.4 Å². The van der Waals surface area contributed by atoms with Gasteiger partial charge in [0.1, 0.15) is 24.3 Å². The fourth-order valence-corrected chi connectivity index (χ4v) is 5.97. The van der Waals surface area contributed by atoms with Gasteiger partial charge in [0.05, 0.1) is 12.6 Å². The molecule has 0 spiro atoms. The highest BCUT2D eigenvalue weighted by Gasteiger charge is 2.38. The molecule has 0 saturated carbocycles. The standard InChI is InChI=1S/C34H47F2N5O7Si/c1-34(2,3)31(29-18-24(26-19-25(35)10-11-27(26)36)21-40(29)20-23-8-6-5-7-9-23)41(30(43)22-42)15-12-28(32(44)38-14-13-37)39-33(45)48-16-17-49(4,46)47/h5-11,18-19,21,28,31,42,46-47H,12-17,20,22,37H2,1-4H3,(H,38,44)(H,39,45)/t28-,31?/m0/s1. The van der Waals surface area contributed by atoms with E-state index in [1.807, 2.05) is 55.7 Å². The number of rotatable bonds is 16. The number of amides is 3. The summed E-state index contributed by atoms with van der Waals surface area (Å²) in [4.78, 5) is 59.9. The van der Waals surface area contributed by atoms with Gasteiger partial charge in [0.25, 0.3) is 0 Å². The van der Waals surface area contributed by atoms with E-state index in [0.717, 1.165) is 23.8 Å². The quantitative estimate of drug-likeness (QED) is 0.123. The summed E-state index contributed by atoms with van der Waals surface area (Å²) >= 11 is 0. The molecule has 268 valence electrons. The number of nitrogens with zero attached hydrogens (tertiary/aromatic N) is 2. The van der Waals surface area contributed by atoms with Crippen molar-refractivity contribution < 1.29 is 42.6 Å². The average Bonchev–Trinajstić information content (AvgIpc) is 3.43. The molecule has 0 aliphatic rings. The molecule has 0 saturated heterocycles. The van der Waals surface area contributed by atoms with E-state index < -0.39 is 62.2 Å². The number of nitrogens with one attached hydrogen (secondary N) is 2. The molecule has 0 aliphatic carbocycles. The number of halogens is 2. The maximum Gasteiger partial charge on any atom is 0.407 e. The molecule has 1 unspecified atom stereocenters. The van der Waals surface area contributed by atoms with Crippen molar-refractivity contribution in [1.29, 1.82) is 0 Å². The van der Waals surface area contributed by atoms with Crippen LogP contribution in [0.1, 0.15) is 44.5 Å². The van der Waals surface area contributed by atoms with E-state index in [9.17, 15) is 33.5 Å². The smallest absolute Gasteiger partial charge is 0.407 e. The van der Waals surface area contributed by atoms with E-state index in [2.05, 4.69) is 10.6 Å². The molecule has 1 heterocycles. The van der Waals surface area contributed by atoms with Crippen molar-refractivity contribution in [3.8, 4) is 11.1 Å². The number of ether oxygens (including phenoxy) is 1. The van der Waals surface area contributed by atoms with Crippen LogP contribution in [-0.4, -0.2) is 89.5 Å². The van der Waals surface area contributed by atoms with Gasteiger partial charge >= 0.3 is 14.7 Å². The second-order valence-corrected chi connectivity index (χ2v) is 16.0.